The van der Waals surface area contributed by atoms with Crippen LogP contribution in [-0.4, -0.2) is 29.9 Å². The van der Waals surface area contributed by atoms with Crippen LogP contribution in [0.3, 0.4) is 0 Å². The molecule has 1 aromatic rings. The molecular formula is C17H25NO3. The minimum atomic E-state index is -0.379. The van der Waals surface area contributed by atoms with Crippen molar-refractivity contribution < 1.29 is 14.3 Å². The lowest BCUT2D eigenvalue weighted by Gasteiger charge is -2.21. The Labute approximate surface area is 126 Å². The number of rotatable bonds is 7. The van der Waals surface area contributed by atoms with Crippen LogP contribution in [0.25, 0.3) is 0 Å². The van der Waals surface area contributed by atoms with E-state index in [0.717, 1.165) is 5.56 Å². The summed E-state index contributed by atoms with van der Waals surface area (Å²) in [5.74, 6) is -0.202. The SMILES string of the molecule is CC(=O)c1ccc(CC(NC(C)C)C(=O)OC(C)C)cc1. The summed E-state index contributed by atoms with van der Waals surface area (Å²) < 4.78 is 5.29. The van der Waals surface area contributed by atoms with Crippen LogP contribution >= 0.6 is 0 Å². The molecule has 1 atom stereocenters. The molecule has 0 amide bonds. The van der Waals surface area contributed by atoms with Crippen LogP contribution in [0.1, 0.15) is 50.5 Å². The first kappa shape index (κ1) is 17.4. The van der Waals surface area contributed by atoms with Gasteiger partial charge in [0.15, 0.2) is 5.78 Å². The highest BCUT2D eigenvalue weighted by Crippen LogP contribution is 2.10. The third kappa shape index (κ3) is 6.08. The Kier molecular flexibility index (Phi) is 6.56. The number of carbonyl (C=O) groups excluding carboxylic acids is 2. The van der Waals surface area contributed by atoms with Crippen LogP contribution in [0, 0.1) is 0 Å². The molecule has 116 valence electrons. The Morgan fingerprint density at radius 2 is 1.67 bits per heavy atom. The molecule has 0 saturated carbocycles. The maximum atomic E-state index is 12.1. The number of Topliss-reactive ketones (excluding diaryl/α,β-unsaturated/α-hetero) is 1. The highest BCUT2D eigenvalue weighted by atomic mass is 16.5. The number of ether oxygens (including phenoxy) is 1. The molecule has 0 aliphatic carbocycles. The molecule has 1 aromatic carbocycles. The minimum Gasteiger partial charge on any atom is -0.462 e. The van der Waals surface area contributed by atoms with E-state index in [9.17, 15) is 9.59 Å². The van der Waals surface area contributed by atoms with Crippen molar-refractivity contribution in [2.24, 2.45) is 0 Å². The Balaban J connectivity index is 2.80. The monoisotopic (exact) mass is 291 g/mol. The molecule has 0 fully saturated rings. The Hall–Kier alpha value is -1.68. The van der Waals surface area contributed by atoms with Crippen molar-refractivity contribution in [1.29, 1.82) is 0 Å². The first-order chi connectivity index (χ1) is 9.79. The van der Waals surface area contributed by atoms with Gasteiger partial charge >= 0.3 is 5.97 Å². The van der Waals surface area contributed by atoms with Gasteiger partial charge in [0.25, 0.3) is 0 Å². The van der Waals surface area contributed by atoms with Gasteiger partial charge in [-0.1, -0.05) is 38.1 Å². The number of nitrogens with one attached hydrogen (secondary N) is 1. The standard InChI is InChI=1S/C17H25NO3/c1-11(2)18-16(17(20)21-12(3)4)10-14-6-8-15(9-7-14)13(5)19/h6-9,11-12,16,18H,10H2,1-5H3. The zero-order valence-electron chi connectivity index (χ0n) is 13.5. The van der Waals surface area contributed by atoms with Gasteiger partial charge in [-0.2, -0.15) is 0 Å². The van der Waals surface area contributed by atoms with Crippen LogP contribution in [-0.2, 0) is 16.0 Å². The molecular weight excluding hydrogens is 266 g/mol. The molecule has 0 bridgehead atoms. The number of benzene rings is 1. The second kappa shape index (κ2) is 7.93. The van der Waals surface area contributed by atoms with E-state index >= 15 is 0 Å². The van der Waals surface area contributed by atoms with Crippen molar-refractivity contribution in [2.75, 3.05) is 0 Å². The molecule has 0 heterocycles. The van der Waals surface area contributed by atoms with Crippen molar-refractivity contribution in [1.82, 2.24) is 5.32 Å². The quantitative estimate of drug-likeness (QED) is 0.620. The van der Waals surface area contributed by atoms with Crippen molar-refractivity contribution in [3.8, 4) is 0 Å². The molecule has 0 saturated heterocycles. The predicted molar refractivity (Wildman–Crippen MR) is 83.4 cm³/mol. The van der Waals surface area contributed by atoms with Gasteiger partial charge in [-0.25, -0.2) is 0 Å². The van der Waals surface area contributed by atoms with Crippen molar-refractivity contribution in [2.45, 2.75) is 59.2 Å². The third-order valence-electron chi connectivity index (χ3n) is 2.97. The number of hydrogen-bond acceptors (Lipinski definition) is 4. The second-order valence-corrected chi connectivity index (χ2v) is 5.82. The van der Waals surface area contributed by atoms with Crippen LogP contribution in [0.4, 0.5) is 0 Å². The topological polar surface area (TPSA) is 55.4 Å². The van der Waals surface area contributed by atoms with Crippen LogP contribution in [0.2, 0.25) is 0 Å². The van der Waals surface area contributed by atoms with Gasteiger partial charge in [-0.05, 0) is 32.8 Å². The Morgan fingerprint density at radius 3 is 2.10 bits per heavy atom. The molecule has 21 heavy (non-hydrogen) atoms. The molecule has 0 radical (unpaired) electrons. The summed E-state index contributed by atoms with van der Waals surface area (Å²) in [5.41, 5.74) is 1.68. The highest BCUT2D eigenvalue weighted by molar-refractivity contribution is 5.94. The summed E-state index contributed by atoms with van der Waals surface area (Å²) in [6.45, 7) is 9.21. The summed E-state index contributed by atoms with van der Waals surface area (Å²) >= 11 is 0. The average molecular weight is 291 g/mol. The van der Waals surface area contributed by atoms with E-state index in [0.29, 0.717) is 12.0 Å². The van der Waals surface area contributed by atoms with Gasteiger partial charge < -0.3 is 10.1 Å². The molecule has 0 aliphatic heterocycles. The van der Waals surface area contributed by atoms with Gasteiger partial charge in [0.2, 0.25) is 0 Å². The molecule has 4 heteroatoms. The fourth-order valence-corrected chi connectivity index (χ4v) is 2.04. The summed E-state index contributed by atoms with van der Waals surface area (Å²) in [6, 6.07) is 7.15. The van der Waals surface area contributed by atoms with Gasteiger partial charge in [0.05, 0.1) is 6.10 Å². The van der Waals surface area contributed by atoms with E-state index in [1.807, 2.05) is 39.8 Å². The molecule has 0 aromatic heterocycles. The fraction of sp³-hybridized carbons (Fsp3) is 0.529. The number of ketones is 1. The Morgan fingerprint density at radius 1 is 1.10 bits per heavy atom. The van der Waals surface area contributed by atoms with Gasteiger partial charge in [0.1, 0.15) is 6.04 Å². The van der Waals surface area contributed by atoms with Crippen molar-refractivity contribution in [3.05, 3.63) is 35.4 Å². The van der Waals surface area contributed by atoms with E-state index < -0.39 is 0 Å². The van der Waals surface area contributed by atoms with E-state index in [1.165, 1.54) is 6.92 Å². The molecule has 1 rings (SSSR count). The van der Waals surface area contributed by atoms with E-state index in [4.69, 9.17) is 4.74 Å². The fourth-order valence-electron chi connectivity index (χ4n) is 2.04. The molecule has 1 N–H and O–H groups in total. The maximum Gasteiger partial charge on any atom is 0.323 e. The second-order valence-electron chi connectivity index (χ2n) is 5.82. The van der Waals surface area contributed by atoms with Gasteiger partial charge in [-0.3, -0.25) is 9.59 Å². The summed E-state index contributed by atoms with van der Waals surface area (Å²) in [6.07, 6.45) is 0.413. The first-order valence-corrected chi connectivity index (χ1v) is 7.36. The van der Waals surface area contributed by atoms with Gasteiger partial charge in [-0.15, -0.1) is 0 Å². The molecule has 1 unspecified atom stereocenters. The third-order valence-corrected chi connectivity index (χ3v) is 2.97. The smallest absolute Gasteiger partial charge is 0.323 e. The molecule has 0 spiro atoms. The van der Waals surface area contributed by atoms with Crippen LogP contribution < -0.4 is 5.32 Å². The lowest BCUT2D eigenvalue weighted by Crippen LogP contribution is -2.44. The average Bonchev–Trinajstić information content (AvgIpc) is 2.37. The van der Waals surface area contributed by atoms with E-state index in [1.54, 1.807) is 12.1 Å². The van der Waals surface area contributed by atoms with Crippen molar-refractivity contribution in [3.63, 3.8) is 0 Å². The predicted octanol–water partition coefficient (Wildman–Crippen LogP) is 2.75. The highest BCUT2D eigenvalue weighted by Gasteiger charge is 2.22. The normalized spacial score (nSPS) is 12.5. The van der Waals surface area contributed by atoms with Gasteiger partial charge in [0, 0.05) is 11.6 Å². The first-order valence-electron chi connectivity index (χ1n) is 7.36. The van der Waals surface area contributed by atoms with E-state index in [2.05, 4.69) is 5.32 Å². The Bertz CT molecular complexity index is 477. The lowest BCUT2D eigenvalue weighted by atomic mass is 10.0. The summed E-state index contributed by atoms with van der Waals surface area (Å²) in [4.78, 5) is 23.4. The van der Waals surface area contributed by atoms with Crippen LogP contribution in [0.15, 0.2) is 24.3 Å². The maximum absolute atomic E-state index is 12.1. The largest absolute Gasteiger partial charge is 0.462 e. The summed E-state index contributed by atoms with van der Waals surface area (Å²) in [7, 11) is 0. The lowest BCUT2D eigenvalue weighted by molar-refractivity contribution is -0.150. The zero-order chi connectivity index (χ0) is 16.0. The molecule has 0 aliphatic rings. The van der Waals surface area contributed by atoms with E-state index in [-0.39, 0.29) is 29.9 Å². The van der Waals surface area contributed by atoms with Crippen molar-refractivity contribution >= 4 is 11.8 Å². The number of esters is 1. The van der Waals surface area contributed by atoms with Crippen LogP contribution in [0.5, 0.6) is 0 Å². The molecule has 4 nitrogen and oxygen atoms in total. The number of carbonyl (C=O) groups is 2. The number of hydrogen-bond donors (Lipinski definition) is 1. The minimum absolute atomic E-state index is 0.0395. The zero-order valence-corrected chi connectivity index (χ0v) is 13.5. The summed E-state index contributed by atoms with van der Waals surface area (Å²) in [5, 5.41) is 3.23.